The molecule has 0 aromatic carbocycles. The van der Waals surface area contributed by atoms with E-state index in [2.05, 4.69) is 4.98 Å². The Morgan fingerprint density at radius 1 is 1.47 bits per heavy atom. The van der Waals surface area contributed by atoms with Crippen molar-refractivity contribution in [3.8, 4) is 0 Å². The van der Waals surface area contributed by atoms with Gasteiger partial charge in [-0.25, -0.2) is 4.98 Å². The quantitative estimate of drug-likeness (QED) is 0.750. The molecule has 0 radical (unpaired) electrons. The van der Waals surface area contributed by atoms with Crippen molar-refractivity contribution in [3.05, 3.63) is 27.4 Å². The number of carbonyl (C=O) groups is 1. The highest BCUT2D eigenvalue weighted by Gasteiger charge is 2.19. The lowest BCUT2D eigenvalue weighted by Gasteiger charge is -2.27. The van der Waals surface area contributed by atoms with Crippen molar-refractivity contribution >= 4 is 17.5 Å². The molecule has 104 valence electrons. The average Bonchev–Trinajstić information content (AvgIpc) is 2.42. The van der Waals surface area contributed by atoms with E-state index in [9.17, 15) is 9.59 Å². The van der Waals surface area contributed by atoms with Crippen molar-refractivity contribution in [2.45, 2.75) is 19.9 Å². The van der Waals surface area contributed by atoms with Crippen LogP contribution in [0.1, 0.15) is 12.7 Å². The zero-order chi connectivity index (χ0) is 13.8. The van der Waals surface area contributed by atoms with Crippen LogP contribution in [0.4, 0.5) is 0 Å². The Hall–Kier alpha value is -1.40. The van der Waals surface area contributed by atoms with Gasteiger partial charge in [-0.15, -0.1) is 0 Å². The third-order valence-corrected chi connectivity index (χ3v) is 3.22. The number of hydrogen-bond acceptors (Lipinski definition) is 4. The van der Waals surface area contributed by atoms with E-state index < -0.39 is 0 Å². The summed E-state index contributed by atoms with van der Waals surface area (Å²) in [5.41, 5.74) is -0.293. The topological polar surface area (TPSA) is 64.4 Å². The van der Waals surface area contributed by atoms with E-state index in [4.69, 9.17) is 16.3 Å². The van der Waals surface area contributed by atoms with E-state index in [0.717, 1.165) is 0 Å². The molecule has 2 heterocycles. The second kappa shape index (κ2) is 6.16. The van der Waals surface area contributed by atoms with E-state index in [1.807, 2.05) is 6.92 Å². The molecular formula is C12H16ClN3O3. The molecule has 0 atom stereocenters. The summed E-state index contributed by atoms with van der Waals surface area (Å²) in [4.78, 5) is 29.8. The first-order chi connectivity index (χ1) is 9.11. The maximum Gasteiger partial charge on any atom is 0.255 e. The number of nitrogens with zero attached hydrogens (tertiary/aromatic N) is 3. The molecule has 6 nitrogen and oxygen atoms in total. The Morgan fingerprint density at radius 3 is 2.79 bits per heavy atom. The van der Waals surface area contributed by atoms with E-state index >= 15 is 0 Å². The lowest BCUT2D eigenvalue weighted by molar-refractivity contribution is -0.136. The van der Waals surface area contributed by atoms with Gasteiger partial charge in [0.25, 0.3) is 5.56 Å². The second-order valence-corrected chi connectivity index (χ2v) is 4.65. The van der Waals surface area contributed by atoms with Crippen LogP contribution in [0.3, 0.4) is 0 Å². The van der Waals surface area contributed by atoms with Crippen LogP contribution in [-0.2, 0) is 22.5 Å². The van der Waals surface area contributed by atoms with Crippen molar-refractivity contribution in [1.29, 1.82) is 0 Å². The van der Waals surface area contributed by atoms with Gasteiger partial charge in [0.05, 0.1) is 13.2 Å². The smallest absolute Gasteiger partial charge is 0.255 e. The zero-order valence-corrected chi connectivity index (χ0v) is 11.5. The molecule has 19 heavy (non-hydrogen) atoms. The van der Waals surface area contributed by atoms with Gasteiger partial charge in [-0.3, -0.25) is 14.2 Å². The fourth-order valence-corrected chi connectivity index (χ4v) is 2.20. The van der Waals surface area contributed by atoms with Crippen LogP contribution in [0, 0.1) is 0 Å². The number of carbonyl (C=O) groups excluding carboxylic acids is 1. The molecule has 2 rings (SSSR count). The second-order valence-electron chi connectivity index (χ2n) is 4.27. The Bertz CT molecular complexity index is 523. The molecule has 0 saturated carbocycles. The van der Waals surface area contributed by atoms with Crippen LogP contribution < -0.4 is 5.56 Å². The highest BCUT2D eigenvalue weighted by Crippen LogP contribution is 2.05. The van der Waals surface area contributed by atoms with E-state index in [1.165, 1.54) is 10.6 Å². The molecule has 1 saturated heterocycles. The van der Waals surface area contributed by atoms with Crippen molar-refractivity contribution in [2.24, 2.45) is 0 Å². The van der Waals surface area contributed by atoms with E-state index in [-0.39, 0.29) is 23.2 Å². The van der Waals surface area contributed by atoms with Gasteiger partial charge >= 0.3 is 0 Å². The summed E-state index contributed by atoms with van der Waals surface area (Å²) in [7, 11) is 0. The number of amides is 1. The highest BCUT2D eigenvalue weighted by molar-refractivity contribution is 6.29. The molecule has 0 aliphatic carbocycles. The zero-order valence-electron chi connectivity index (χ0n) is 10.8. The van der Waals surface area contributed by atoms with Crippen molar-refractivity contribution < 1.29 is 9.53 Å². The molecule has 1 aromatic rings. The maximum absolute atomic E-state index is 12.1. The summed E-state index contributed by atoms with van der Waals surface area (Å²) in [5, 5.41) is 0.164. The largest absolute Gasteiger partial charge is 0.378 e. The van der Waals surface area contributed by atoms with Gasteiger partial charge in [0.2, 0.25) is 5.91 Å². The molecule has 1 fully saturated rings. The third kappa shape index (κ3) is 3.33. The predicted molar refractivity (Wildman–Crippen MR) is 70.3 cm³/mol. The fraction of sp³-hybridized carbons (Fsp3) is 0.583. The fourth-order valence-electron chi connectivity index (χ4n) is 2.01. The monoisotopic (exact) mass is 285 g/mol. The first kappa shape index (κ1) is 14.0. The molecule has 0 spiro atoms. The molecule has 1 aliphatic heterocycles. The van der Waals surface area contributed by atoms with Crippen LogP contribution >= 0.6 is 11.6 Å². The Morgan fingerprint density at radius 2 is 2.16 bits per heavy atom. The average molecular weight is 286 g/mol. The van der Waals surface area contributed by atoms with Crippen LogP contribution in [0.5, 0.6) is 0 Å². The van der Waals surface area contributed by atoms with Crippen molar-refractivity contribution in [3.63, 3.8) is 0 Å². The van der Waals surface area contributed by atoms with Gasteiger partial charge in [0, 0.05) is 25.6 Å². The maximum atomic E-state index is 12.1. The van der Waals surface area contributed by atoms with Crippen LogP contribution in [0.15, 0.2) is 10.9 Å². The van der Waals surface area contributed by atoms with Gasteiger partial charge in [0.15, 0.2) is 0 Å². The first-order valence-electron chi connectivity index (χ1n) is 6.23. The molecule has 0 unspecified atom stereocenters. The summed E-state index contributed by atoms with van der Waals surface area (Å²) in [6.45, 7) is 4.09. The molecular weight excluding hydrogens is 270 g/mol. The third-order valence-electron chi connectivity index (χ3n) is 3.03. The minimum Gasteiger partial charge on any atom is -0.378 e. The Labute approximate surface area is 115 Å². The number of morpholine rings is 1. The number of halogens is 1. The van der Waals surface area contributed by atoms with Gasteiger partial charge in [-0.1, -0.05) is 18.5 Å². The van der Waals surface area contributed by atoms with Gasteiger partial charge < -0.3 is 9.64 Å². The molecule has 7 heteroatoms. The van der Waals surface area contributed by atoms with Crippen LogP contribution in [0.25, 0.3) is 0 Å². The van der Waals surface area contributed by atoms with Crippen LogP contribution in [0.2, 0.25) is 5.15 Å². The van der Waals surface area contributed by atoms with Crippen molar-refractivity contribution in [1.82, 2.24) is 14.5 Å². The summed E-state index contributed by atoms with van der Waals surface area (Å²) < 4.78 is 6.57. The normalized spacial score (nSPS) is 15.6. The summed E-state index contributed by atoms with van der Waals surface area (Å²) in [5.74, 6) is 0.434. The highest BCUT2D eigenvalue weighted by atomic mass is 35.5. The minimum absolute atomic E-state index is 0.00613. The minimum atomic E-state index is -0.293. The Balaban J connectivity index is 2.18. The Kier molecular flexibility index (Phi) is 4.55. The van der Waals surface area contributed by atoms with Gasteiger partial charge in [-0.2, -0.15) is 0 Å². The van der Waals surface area contributed by atoms with Gasteiger partial charge in [-0.05, 0) is 0 Å². The summed E-state index contributed by atoms with van der Waals surface area (Å²) >= 11 is 5.75. The van der Waals surface area contributed by atoms with Crippen molar-refractivity contribution in [2.75, 3.05) is 26.3 Å². The standard InChI is InChI=1S/C12H16ClN3O3/c1-2-10-14-9(13)7-11(17)16(10)8-12(18)15-3-5-19-6-4-15/h7H,2-6,8H2,1H3. The lowest BCUT2D eigenvalue weighted by Crippen LogP contribution is -2.43. The first-order valence-corrected chi connectivity index (χ1v) is 6.61. The van der Waals surface area contributed by atoms with Crippen LogP contribution in [-0.4, -0.2) is 46.7 Å². The molecule has 1 aromatic heterocycles. The van der Waals surface area contributed by atoms with E-state index in [1.54, 1.807) is 4.90 Å². The van der Waals surface area contributed by atoms with Gasteiger partial charge in [0.1, 0.15) is 17.5 Å². The predicted octanol–water partition coefficient (Wildman–Crippen LogP) is 0.318. The summed E-state index contributed by atoms with van der Waals surface area (Å²) in [6.07, 6.45) is 0.548. The van der Waals surface area contributed by atoms with E-state index in [0.29, 0.717) is 38.5 Å². The number of aryl methyl sites for hydroxylation is 1. The molecule has 1 amide bonds. The number of aromatic nitrogens is 2. The molecule has 0 N–H and O–H groups in total. The number of rotatable bonds is 3. The SMILES string of the molecule is CCc1nc(Cl)cc(=O)n1CC(=O)N1CCOCC1. The number of hydrogen-bond donors (Lipinski definition) is 0. The lowest BCUT2D eigenvalue weighted by atomic mass is 10.3. The molecule has 0 bridgehead atoms. The summed E-state index contributed by atoms with van der Waals surface area (Å²) in [6, 6.07) is 1.23. The molecule has 1 aliphatic rings. The number of ether oxygens (including phenoxy) is 1.